The van der Waals surface area contributed by atoms with E-state index < -0.39 is 0 Å². The number of nitrogens with zero attached hydrogens (tertiary/aromatic N) is 2. The molecule has 104 valence electrons. The number of piperidine rings is 1. The van der Waals surface area contributed by atoms with E-state index in [1.807, 2.05) is 11.3 Å². The van der Waals surface area contributed by atoms with E-state index in [9.17, 15) is 0 Å². The Morgan fingerprint density at radius 2 is 2.21 bits per heavy atom. The molecular weight excluding hydrogens is 254 g/mol. The molecule has 4 rings (SSSR count). The van der Waals surface area contributed by atoms with Crippen molar-refractivity contribution in [3.8, 4) is 0 Å². The van der Waals surface area contributed by atoms with E-state index in [0.717, 1.165) is 0 Å². The lowest BCUT2D eigenvalue weighted by molar-refractivity contribution is 0.141. The van der Waals surface area contributed by atoms with Crippen LogP contribution in [0.5, 0.6) is 0 Å². The van der Waals surface area contributed by atoms with Gasteiger partial charge in [-0.15, -0.1) is 11.3 Å². The number of aromatic nitrogens is 1. The van der Waals surface area contributed by atoms with Crippen LogP contribution in [0.2, 0.25) is 0 Å². The number of nitrogens with one attached hydrogen (secondary N) is 1. The van der Waals surface area contributed by atoms with Gasteiger partial charge in [0, 0.05) is 17.5 Å². The lowest BCUT2D eigenvalue weighted by Crippen LogP contribution is -2.52. The summed E-state index contributed by atoms with van der Waals surface area (Å²) in [5.74, 6) is 0. The first-order valence-corrected chi connectivity index (χ1v) is 8.57. The van der Waals surface area contributed by atoms with Gasteiger partial charge >= 0.3 is 0 Å². The molecule has 0 bridgehead atoms. The third-order valence-electron chi connectivity index (χ3n) is 5.40. The molecule has 1 aliphatic carbocycles. The normalized spacial score (nSPS) is 34.5. The van der Waals surface area contributed by atoms with E-state index in [2.05, 4.69) is 17.3 Å². The van der Waals surface area contributed by atoms with Crippen LogP contribution in [0.3, 0.4) is 0 Å². The molecule has 0 saturated carbocycles. The number of rotatable bonds is 2. The Kier molecular flexibility index (Phi) is 2.94. The average Bonchev–Trinajstić information content (AvgIpc) is 3.11. The minimum atomic E-state index is 0.148. The predicted octanol–water partition coefficient (Wildman–Crippen LogP) is 2.30. The van der Waals surface area contributed by atoms with Gasteiger partial charge in [-0.2, -0.15) is 0 Å². The summed E-state index contributed by atoms with van der Waals surface area (Å²) in [5, 5.41) is 5.07. The third-order valence-corrected chi connectivity index (χ3v) is 6.73. The second kappa shape index (κ2) is 4.54. The molecule has 1 aromatic rings. The summed E-state index contributed by atoms with van der Waals surface area (Å²) >= 11 is 2.00. The van der Waals surface area contributed by atoms with Crippen molar-refractivity contribution in [2.75, 3.05) is 20.1 Å². The highest BCUT2D eigenvalue weighted by Crippen LogP contribution is 2.44. The van der Waals surface area contributed by atoms with Gasteiger partial charge in [-0.25, -0.2) is 4.98 Å². The summed E-state index contributed by atoms with van der Waals surface area (Å²) in [6.07, 6.45) is 9.13. The SMILES string of the molecule is CNC1(c2nc3c(s2)CCC3)CCN2CCCCC21. The molecule has 3 aliphatic rings. The lowest BCUT2D eigenvalue weighted by Gasteiger charge is -2.39. The molecule has 3 heterocycles. The number of aryl methyl sites for hydroxylation is 2. The molecule has 1 N–H and O–H groups in total. The first-order chi connectivity index (χ1) is 9.33. The zero-order valence-electron chi connectivity index (χ0n) is 11.7. The summed E-state index contributed by atoms with van der Waals surface area (Å²) < 4.78 is 0. The van der Waals surface area contributed by atoms with Gasteiger partial charge in [-0.3, -0.25) is 4.90 Å². The van der Waals surface area contributed by atoms with Crippen molar-refractivity contribution in [2.24, 2.45) is 0 Å². The number of thiazole rings is 1. The molecule has 3 nitrogen and oxygen atoms in total. The van der Waals surface area contributed by atoms with E-state index in [1.165, 1.54) is 68.7 Å². The Labute approximate surface area is 119 Å². The van der Waals surface area contributed by atoms with Gasteiger partial charge in [0.2, 0.25) is 0 Å². The zero-order valence-corrected chi connectivity index (χ0v) is 12.6. The van der Waals surface area contributed by atoms with Crippen LogP contribution < -0.4 is 5.32 Å². The van der Waals surface area contributed by atoms with Crippen LogP contribution >= 0.6 is 11.3 Å². The number of likely N-dealkylation sites (N-methyl/N-ethyl adjacent to an activating group) is 1. The minimum Gasteiger partial charge on any atom is -0.307 e. The average molecular weight is 277 g/mol. The molecule has 0 amide bonds. The monoisotopic (exact) mass is 277 g/mol. The molecule has 19 heavy (non-hydrogen) atoms. The van der Waals surface area contributed by atoms with Gasteiger partial charge in [0.15, 0.2) is 0 Å². The van der Waals surface area contributed by atoms with Crippen molar-refractivity contribution >= 4 is 11.3 Å². The fourth-order valence-electron chi connectivity index (χ4n) is 4.33. The van der Waals surface area contributed by atoms with Crippen molar-refractivity contribution in [2.45, 2.75) is 56.5 Å². The van der Waals surface area contributed by atoms with E-state index in [1.54, 1.807) is 4.88 Å². The van der Waals surface area contributed by atoms with Gasteiger partial charge in [0.05, 0.1) is 11.2 Å². The highest BCUT2D eigenvalue weighted by Gasteiger charge is 2.50. The maximum Gasteiger partial charge on any atom is 0.115 e. The standard InChI is InChI=1S/C15H23N3S/c1-16-15(8-10-18-9-3-2-7-13(15)18)14-17-11-5-4-6-12(11)19-14/h13,16H,2-10H2,1H3. The van der Waals surface area contributed by atoms with Gasteiger partial charge < -0.3 is 5.32 Å². The fourth-order valence-corrected chi connectivity index (χ4v) is 5.76. The van der Waals surface area contributed by atoms with E-state index in [0.29, 0.717) is 6.04 Å². The quantitative estimate of drug-likeness (QED) is 0.899. The molecule has 0 aromatic carbocycles. The molecule has 4 heteroatoms. The molecule has 0 spiro atoms. The van der Waals surface area contributed by atoms with Crippen LogP contribution in [0, 0.1) is 0 Å². The maximum atomic E-state index is 5.04. The van der Waals surface area contributed by atoms with Crippen molar-refractivity contribution in [1.29, 1.82) is 0 Å². The van der Waals surface area contributed by atoms with Gasteiger partial charge in [-0.1, -0.05) is 6.42 Å². The van der Waals surface area contributed by atoms with E-state index >= 15 is 0 Å². The smallest absolute Gasteiger partial charge is 0.115 e. The maximum absolute atomic E-state index is 5.04. The molecule has 1 aromatic heterocycles. The van der Waals surface area contributed by atoms with Crippen molar-refractivity contribution in [1.82, 2.24) is 15.2 Å². The van der Waals surface area contributed by atoms with Gasteiger partial charge in [0.1, 0.15) is 5.01 Å². The van der Waals surface area contributed by atoms with Crippen LogP contribution in [-0.4, -0.2) is 36.1 Å². The Morgan fingerprint density at radius 3 is 3.05 bits per heavy atom. The molecule has 2 fully saturated rings. The molecule has 0 radical (unpaired) electrons. The molecular formula is C15H23N3S. The Morgan fingerprint density at radius 1 is 1.26 bits per heavy atom. The van der Waals surface area contributed by atoms with E-state index in [-0.39, 0.29) is 5.54 Å². The minimum absolute atomic E-state index is 0.148. The third kappa shape index (κ3) is 1.73. The van der Waals surface area contributed by atoms with Gasteiger partial charge in [-0.05, 0) is 52.1 Å². The largest absolute Gasteiger partial charge is 0.307 e. The molecule has 2 unspecified atom stereocenters. The van der Waals surface area contributed by atoms with Crippen LogP contribution in [-0.2, 0) is 18.4 Å². The zero-order chi connectivity index (χ0) is 12.9. The summed E-state index contributed by atoms with van der Waals surface area (Å²) in [5.41, 5.74) is 1.55. The second-order valence-electron chi connectivity index (χ2n) is 6.26. The van der Waals surface area contributed by atoms with Crippen molar-refractivity contribution in [3.63, 3.8) is 0 Å². The molecule has 2 aliphatic heterocycles. The van der Waals surface area contributed by atoms with Crippen molar-refractivity contribution < 1.29 is 0 Å². The first kappa shape index (κ1) is 12.3. The van der Waals surface area contributed by atoms with Crippen LogP contribution in [0.4, 0.5) is 0 Å². The Bertz CT molecular complexity index is 462. The fraction of sp³-hybridized carbons (Fsp3) is 0.800. The molecule has 2 saturated heterocycles. The number of hydrogen-bond donors (Lipinski definition) is 1. The Balaban J connectivity index is 1.72. The van der Waals surface area contributed by atoms with Gasteiger partial charge in [0.25, 0.3) is 0 Å². The summed E-state index contributed by atoms with van der Waals surface area (Å²) in [6, 6.07) is 0.678. The number of hydrogen-bond acceptors (Lipinski definition) is 4. The van der Waals surface area contributed by atoms with E-state index in [4.69, 9.17) is 4.98 Å². The first-order valence-electron chi connectivity index (χ1n) is 7.75. The Hall–Kier alpha value is -0.450. The summed E-state index contributed by atoms with van der Waals surface area (Å²) in [4.78, 5) is 9.31. The van der Waals surface area contributed by atoms with Crippen LogP contribution in [0.25, 0.3) is 0 Å². The highest BCUT2D eigenvalue weighted by atomic mass is 32.1. The lowest BCUT2D eigenvalue weighted by atomic mass is 9.86. The predicted molar refractivity (Wildman–Crippen MR) is 78.7 cm³/mol. The molecule has 2 atom stereocenters. The topological polar surface area (TPSA) is 28.2 Å². The summed E-state index contributed by atoms with van der Waals surface area (Å²) in [7, 11) is 2.14. The van der Waals surface area contributed by atoms with Crippen LogP contribution in [0.1, 0.15) is 47.7 Å². The number of fused-ring (bicyclic) bond motifs is 2. The summed E-state index contributed by atoms with van der Waals surface area (Å²) in [6.45, 7) is 2.54. The highest BCUT2D eigenvalue weighted by molar-refractivity contribution is 7.12. The van der Waals surface area contributed by atoms with Crippen LogP contribution in [0.15, 0.2) is 0 Å². The van der Waals surface area contributed by atoms with Crippen molar-refractivity contribution in [3.05, 3.63) is 15.6 Å². The second-order valence-corrected chi connectivity index (χ2v) is 7.34.